The van der Waals surface area contributed by atoms with E-state index >= 15 is 0 Å². The number of fused-ring (bicyclic) bond motifs is 2. The molecular weight excluding hydrogens is 488 g/mol. The summed E-state index contributed by atoms with van der Waals surface area (Å²) in [4.78, 5) is 49.2. The zero-order valence-electron chi connectivity index (χ0n) is 22.3. The Hall–Kier alpha value is -4.47. The van der Waals surface area contributed by atoms with E-state index in [0.717, 1.165) is 5.56 Å². The van der Waals surface area contributed by atoms with Crippen molar-refractivity contribution in [3.63, 3.8) is 0 Å². The molecule has 0 saturated heterocycles. The Morgan fingerprint density at radius 3 is 2.45 bits per heavy atom. The summed E-state index contributed by atoms with van der Waals surface area (Å²) in [6.45, 7) is 7.96. The number of pyridine rings is 2. The number of hydrogen-bond acceptors (Lipinski definition) is 7. The third kappa shape index (κ3) is 4.89. The van der Waals surface area contributed by atoms with Crippen molar-refractivity contribution < 1.29 is 23.8 Å². The largest absolute Gasteiger partial charge is 0.493 e. The van der Waals surface area contributed by atoms with E-state index in [1.165, 1.54) is 30.8 Å². The molecule has 0 N–H and O–H groups in total. The molecule has 38 heavy (non-hydrogen) atoms. The molecule has 3 aromatic heterocycles. The van der Waals surface area contributed by atoms with Crippen LogP contribution < -0.4 is 20.5 Å². The van der Waals surface area contributed by atoms with Gasteiger partial charge < -0.3 is 18.8 Å². The van der Waals surface area contributed by atoms with E-state index in [9.17, 15) is 14.4 Å². The minimum absolute atomic E-state index is 0.000305. The van der Waals surface area contributed by atoms with Gasteiger partial charge >= 0.3 is 5.97 Å². The van der Waals surface area contributed by atoms with Crippen LogP contribution in [0, 0.1) is 12.8 Å². The molecule has 0 saturated carbocycles. The lowest BCUT2D eigenvalue weighted by Crippen LogP contribution is -2.34. The first-order chi connectivity index (χ1) is 18.2. The summed E-state index contributed by atoms with van der Waals surface area (Å²) in [5, 5.41) is 0.217. The Morgan fingerprint density at radius 2 is 1.79 bits per heavy atom. The van der Waals surface area contributed by atoms with Crippen LogP contribution in [0.3, 0.4) is 0 Å². The SMILES string of the molecule is CCOC(=O)c1cc2c(=O)n3cccc(C)c3nc2n(CC(C)C)c1=NC(=O)c1ccc(OC)c(OC)c1. The van der Waals surface area contributed by atoms with Crippen molar-refractivity contribution in [3.8, 4) is 11.5 Å². The highest BCUT2D eigenvalue weighted by Gasteiger charge is 2.21. The summed E-state index contributed by atoms with van der Waals surface area (Å²) in [5.41, 5.74) is 1.56. The molecule has 4 aromatic rings. The van der Waals surface area contributed by atoms with Crippen molar-refractivity contribution in [2.45, 2.75) is 34.2 Å². The van der Waals surface area contributed by atoms with Gasteiger partial charge in [0, 0.05) is 18.3 Å². The standard InChI is InChI=1S/C28H30N4O6/c1-7-38-28(35)20-14-19-24(29-23-17(4)9-8-12-31(23)27(19)34)32(15-16(2)3)25(20)30-26(33)18-10-11-21(36-5)22(13-18)37-6/h8-14,16H,7,15H2,1-6H3. The molecule has 0 radical (unpaired) electrons. The van der Waals surface area contributed by atoms with E-state index in [1.54, 1.807) is 35.9 Å². The minimum atomic E-state index is -0.695. The fraction of sp³-hybridized carbons (Fsp3) is 0.321. The van der Waals surface area contributed by atoms with Crippen LogP contribution in [0.5, 0.6) is 11.5 Å². The van der Waals surface area contributed by atoms with Gasteiger partial charge in [0.25, 0.3) is 11.5 Å². The fourth-order valence-electron chi connectivity index (χ4n) is 4.23. The van der Waals surface area contributed by atoms with Gasteiger partial charge in [-0.1, -0.05) is 19.9 Å². The third-order valence-electron chi connectivity index (χ3n) is 5.99. The molecular formula is C28H30N4O6. The molecule has 0 aliphatic heterocycles. The predicted molar refractivity (Wildman–Crippen MR) is 142 cm³/mol. The number of aromatic nitrogens is 3. The molecule has 0 aliphatic rings. The Labute approximate surface area is 219 Å². The number of amides is 1. The normalized spacial score (nSPS) is 11.8. The molecule has 0 fully saturated rings. The number of nitrogens with zero attached hydrogens (tertiary/aromatic N) is 4. The lowest BCUT2D eigenvalue weighted by molar-refractivity contribution is 0.0523. The van der Waals surface area contributed by atoms with Crippen LogP contribution in [0.15, 0.2) is 52.4 Å². The number of rotatable bonds is 7. The van der Waals surface area contributed by atoms with Crippen LogP contribution in [-0.4, -0.2) is 46.7 Å². The van der Waals surface area contributed by atoms with Crippen molar-refractivity contribution in [2.75, 3.05) is 20.8 Å². The summed E-state index contributed by atoms with van der Waals surface area (Å²) in [7, 11) is 2.97. The van der Waals surface area contributed by atoms with Crippen LogP contribution in [0.1, 0.15) is 47.1 Å². The molecule has 0 aliphatic carbocycles. The Morgan fingerprint density at radius 1 is 1.05 bits per heavy atom. The molecule has 10 heteroatoms. The van der Waals surface area contributed by atoms with E-state index in [4.69, 9.17) is 19.2 Å². The molecule has 3 heterocycles. The molecule has 198 valence electrons. The first-order valence-electron chi connectivity index (χ1n) is 12.2. The second-order valence-electron chi connectivity index (χ2n) is 9.13. The van der Waals surface area contributed by atoms with Gasteiger partial charge in [-0.15, -0.1) is 0 Å². The highest BCUT2D eigenvalue weighted by Crippen LogP contribution is 2.27. The van der Waals surface area contributed by atoms with E-state index in [1.807, 2.05) is 26.8 Å². The van der Waals surface area contributed by atoms with E-state index in [-0.39, 0.29) is 40.1 Å². The quantitative estimate of drug-likeness (QED) is 0.272. The van der Waals surface area contributed by atoms with Gasteiger partial charge in [-0.2, -0.15) is 4.99 Å². The molecule has 10 nitrogen and oxygen atoms in total. The number of esters is 1. The van der Waals surface area contributed by atoms with Crippen LogP contribution in [0.2, 0.25) is 0 Å². The second kappa shape index (κ2) is 10.9. The number of carbonyl (C=O) groups is 2. The Bertz CT molecular complexity index is 1680. The van der Waals surface area contributed by atoms with Gasteiger partial charge in [0.15, 0.2) is 17.0 Å². The van der Waals surface area contributed by atoms with Crippen molar-refractivity contribution >= 4 is 28.6 Å². The topological polar surface area (TPSA) is 113 Å². The number of ether oxygens (including phenoxy) is 3. The number of carbonyl (C=O) groups excluding carboxylic acids is 2. The zero-order chi connectivity index (χ0) is 27.6. The van der Waals surface area contributed by atoms with Gasteiger partial charge in [0.2, 0.25) is 0 Å². The number of aryl methyl sites for hydroxylation is 1. The summed E-state index contributed by atoms with van der Waals surface area (Å²) < 4.78 is 19.0. The lowest BCUT2D eigenvalue weighted by Gasteiger charge is -2.17. The van der Waals surface area contributed by atoms with Gasteiger partial charge in [-0.05, 0) is 55.7 Å². The Balaban J connectivity index is 2.11. The molecule has 0 unspecified atom stereocenters. The number of hydrogen-bond donors (Lipinski definition) is 0. The highest BCUT2D eigenvalue weighted by atomic mass is 16.5. The first-order valence-corrected chi connectivity index (χ1v) is 12.2. The van der Waals surface area contributed by atoms with Crippen LogP contribution in [-0.2, 0) is 11.3 Å². The Kier molecular flexibility index (Phi) is 7.61. The number of methoxy groups -OCH3 is 2. The lowest BCUT2D eigenvalue weighted by atomic mass is 10.1. The van der Waals surface area contributed by atoms with Crippen LogP contribution in [0.25, 0.3) is 16.7 Å². The van der Waals surface area contributed by atoms with Gasteiger partial charge in [0.1, 0.15) is 16.9 Å². The zero-order valence-corrected chi connectivity index (χ0v) is 22.3. The molecule has 0 atom stereocenters. The van der Waals surface area contributed by atoms with Gasteiger partial charge in [-0.3, -0.25) is 14.0 Å². The van der Waals surface area contributed by atoms with Crippen LogP contribution in [0.4, 0.5) is 0 Å². The predicted octanol–water partition coefficient (Wildman–Crippen LogP) is 3.55. The average Bonchev–Trinajstić information content (AvgIpc) is 2.90. The molecule has 1 amide bonds. The van der Waals surface area contributed by atoms with E-state index in [0.29, 0.717) is 29.3 Å². The third-order valence-corrected chi connectivity index (χ3v) is 5.99. The maximum Gasteiger partial charge on any atom is 0.341 e. The summed E-state index contributed by atoms with van der Waals surface area (Å²) in [5.74, 6) is -0.405. The van der Waals surface area contributed by atoms with Crippen molar-refractivity contribution in [2.24, 2.45) is 10.9 Å². The minimum Gasteiger partial charge on any atom is -0.493 e. The molecule has 0 spiro atoms. The first kappa shape index (κ1) is 26.6. The second-order valence-corrected chi connectivity index (χ2v) is 9.13. The maximum atomic E-state index is 13.5. The summed E-state index contributed by atoms with van der Waals surface area (Å²) in [6, 6.07) is 9.72. The van der Waals surface area contributed by atoms with Gasteiger partial charge in [0.05, 0.1) is 26.2 Å². The van der Waals surface area contributed by atoms with E-state index < -0.39 is 11.9 Å². The van der Waals surface area contributed by atoms with Crippen molar-refractivity contribution in [1.29, 1.82) is 0 Å². The maximum absolute atomic E-state index is 13.5. The molecule has 0 bridgehead atoms. The van der Waals surface area contributed by atoms with Crippen LogP contribution >= 0.6 is 0 Å². The molecule has 1 aromatic carbocycles. The smallest absolute Gasteiger partial charge is 0.341 e. The van der Waals surface area contributed by atoms with Gasteiger partial charge in [-0.25, -0.2) is 9.78 Å². The monoisotopic (exact) mass is 518 g/mol. The summed E-state index contributed by atoms with van der Waals surface area (Å²) >= 11 is 0. The summed E-state index contributed by atoms with van der Waals surface area (Å²) in [6.07, 6.45) is 1.63. The fourth-order valence-corrected chi connectivity index (χ4v) is 4.23. The van der Waals surface area contributed by atoms with E-state index in [2.05, 4.69) is 4.99 Å². The number of benzene rings is 1. The van der Waals surface area contributed by atoms with Crippen molar-refractivity contribution in [3.05, 3.63) is 75.1 Å². The highest BCUT2D eigenvalue weighted by molar-refractivity contribution is 5.97. The molecule has 4 rings (SSSR count). The average molecular weight is 519 g/mol. The van der Waals surface area contributed by atoms with Crippen molar-refractivity contribution in [1.82, 2.24) is 14.0 Å².